The van der Waals surface area contributed by atoms with E-state index < -0.39 is 69.8 Å². The van der Waals surface area contributed by atoms with Crippen LogP contribution in [0, 0.1) is 0 Å². The van der Waals surface area contributed by atoms with Crippen LogP contribution in [0.4, 0.5) is 39.8 Å². The number of hydrogen-bond donors (Lipinski definition) is 4. The molecule has 0 saturated carbocycles. The van der Waals surface area contributed by atoms with Crippen molar-refractivity contribution < 1.29 is 55.0 Å². The second-order valence-corrected chi connectivity index (χ2v) is 13.9. The highest BCUT2D eigenvalue weighted by Crippen LogP contribution is 2.33. The van der Waals surface area contributed by atoms with Gasteiger partial charge in [-0.2, -0.15) is 21.6 Å². The Balaban J connectivity index is 2.42. The number of carbonyl (C=O) groups excluding carboxylic acids is 4. The number of hydrogen-bond acceptors (Lipinski definition) is 10. The zero-order valence-electron chi connectivity index (χ0n) is 27.5. The van der Waals surface area contributed by atoms with E-state index in [0.717, 1.165) is 12.1 Å². The zero-order chi connectivity index (χ0) is 36.7. The van der Waals surface area contributed by atoms with Crippen LogP contribution in [0.5, 0.6) is 0 Å². The summed E-state index contributed by atoms with van der Waals surface area (Å²) in [5.74, 6) is -1.87. The van der Waals surface area contributed by atoms with E-state index in [9.17, 15) is 40.8 Å². The van der Waals surface area contributed by atoms with Crippen molar-refractivity contribution in [3.63, 3.8) is 0 Å². The number of rotatable bonds is 11. The topological polar surface area (TPSA) is 195 Å². The first-order valence-corrected chi connectivity index (χ1v) is 15.9. The molecule has 1 atom stereocenters. The molecule has 0 bridgehead atoms. The number of halogens is 3. The van der Waals surface area contributed by atoms with Gasteiger partial charge in [-0.3, -0.25) is 9.59 Å². The van der Waals surface area contributed by atoms with Gasteiger partial charge in [-0.15, -0.1) is 0 Å². The van der Waals surface area contributed by atoms with Crippen molar-refractivity contribution in [1.29, 1.82) is 0 Å². The summed E-state index contributed by atoms with van der Waals surface area (Å²) >= 11 is 0. The number of alkyl halides is 3. The Kier molecular flexibility index (Phi) is 12.7. The monoisotopic (exact) mass is 703 g/mol. The molecule has 0 spiro atoms. The molecular weight excluding hydrogens is 663 g/mol. The number of ether oxygens (including phenoxy) is 3. The Hall–Kier alpha value is -4.74. The van der Waals surface area contributed by atoms with Crippen molar-refractivity contribution in [2.45, 2.75) is 78.3 Å². The SMILES string of the molecule is CCOC(=O)CN(c1ccc(C[C@H](NC(=O)OC(C)(C)C)C(=O)Nc2cc(C(F)(F)F)ccc2N)cc1)S(=O)(=O)NC(=O)OC(C)(C)C. The third kappa shape index (κ3) is 12.8. The minimum Gasteiger partial charge on any atom is -0.465 e. The Morgan fingerprint density at radius 3 is 1.98 bits per heavy atom. The van der Waals surface area contributed by atoms with Crippen LogP contribution in [0.1, 0.15) is 59.6 Å². The second kappa shape index (κ2) is 15.4. The summed E-state index contributed by atoms with van der Waals surface area (Å²) in [6.45, 7) is 9.95. The maximum Gasteiger partial charge on any atom is 0.422 e. The highest BCUT2D eigenvalue weighted by Gasteiger charge is 2.33. The lowest BCUT2D eigenvalue weighted by Crippen LogP contribution is -2.47. The predicted molar refractivity (Wildman–Crippen MR) is 170 cm³/mol. The number of alkyl carbamates (subject to hydrolysis) is 1. The molecule has 0 saturated heterocycles. The van der Waals surface area contributed by atoms with E-state index in [2.05, 4.69) is 10.6 Å². The number of carbonyl (C=O) groups is 4. The fourth-order valence-electron chi connectivity index (χ4n) is 3.85. The minimum atomic E-state index is -4.72. The van der Waals surface area contributed by atoms with E-state index in [0.29, 0.717) is 15.9 Å². The van der Waals surface area contributed by atoms with Gasteiger partial charge in [0.2, 0.25) is 5.91 Å². The number of nitrogens with one attached hydrogen (secondary N) is 3. The van der Waals surface area contributed by atoms with Gasteiger partial charge in [-0.1, -0.05) is 12.1 Å². The quantitative estimate of drug-likeness (QED) is 0.147. The normalized spacial score (nSPS) is 12.7. The van der Waals surface area contributed by atoms with E-state index in [1.165, 1.54) is 52.0 Å². The van der Waals surface area contributed by atoms with Gasteiger partial charge in [-0.05, 0) is 84.4 Å². The largest absolute Gasteiger partial charge is 0.465 e. The van der Waals surface area contributed by atoms with Crippen molar-refractivity contribution >= 4 is 51.3 Å². The fourth-order valence-corrected chi connectivity index (χ4v) is 4.89. The Labute approximate surface area is 276 Å². The molecule has 2 aromatic rings. The second-order valence-electron chi connectivity index (χ2n) is 12.3. The molecule has 266 valence electrons. The lowest BCUT2D eigenvalue weighted by atomic mass is 10.0. The lowest BCUT2D eigenvalue weighted by Gasteiger charge is -2.26. The van der Waals surface area contributed by atoms with Gasteiger partial charge in [0.1, 0.15) is 23.8 Å². The van der Waals surface area contributed by atoms with Crippen molar-refractivity contribution in [2.75, 3.05) is 28.5 Å². The van der Waals surface area contributed by atoms with E-state index in [-0.39, 0.29) is 30.1 Å². The van der Waals surface area contributed by atoms with Crippen LogP contribution < -0.4 is 25.4 Å². The summed E-state index contributed by atoms with van der Waals surface area (Å²) < 4.78 is 83.6. The third-order valence-corrected chi connectivity index (χ3v) is 7.13. The first-order chi connectivity index (χ1) is 21.9. The molecule has 0 unspecified atom stereocenters. The number of nitrogens with two attached hydrogens (primary N) is 1. The van der Waals surface area contributed by atoms with Crippen molar-refractivity contribution in [1.82, 2.24) is 10.0 Å². The smallest absolute Gasteiger partial charge is 0.422 e. The van der Waals surface area contributed by atoms with E-state index in [1.807, 2.05) is 0 Å². The first kappa shape index (κ1) is 39.4. The lowest BCUT2D eigenvalue weighted by molar-refractivity contribution is -0.141. The molecule has 0 aliphatic rings. The molecule has 48 heavy (non-hydrogen) atoms. The van der Waals surface area contributed by atoms with E-state index >= 15 is 0 Å². The Morgan fingerprint density at radius 1 is 0.896 bits per heavy atom. The van der Waals surface area contributed by atoms with Crippen LogP contribution in [0.25, 0.3) is 0 Å². The molecule has 3 amide bonds. The number of benzene rings is 2. The molecule has 0 aromatic heterocycles. The van der Waals surface area contributed by atoms with Crippen LogP contribution in [0.15, 0.2) is 42.5 Å². The van der Waals surface area contributed by atoms with E-state index in [1.54, 1.807) is 25.5 Å². The van der Waals surface area contributed by atoms with Crippen molar-refractivity contribution in [3.8, 4) is 0 Å². The molecule has 0 aliphatic carbocycles. The average Bonchev–Trinajstić information content (AvgIpc) is 2.90. The number of nitrogen functional groups attached to an aromatic ring is 1. The van der Waals surface area contributed by atoms with Crippen molar-refractivity contribution in [3.05, 3.63) is 53.6 Å². The predicted octanol–water partition coefficient (Wildman–Crippen LogP) is 4.50. The van der Waals surface area contributed by atoms with Crippen molar-refractivity contribution in [2.24, 2.45) is 0 Å². The molecule has 0 heterocycles. The molecule has 2 rings (SSSR count). The maximum absolute atomic E-state index is 13.3. The third-order valence-electron chi connectivity index (χ3n) is 5.79. The highest BCUT2D eigenvalue weighted by molar-refractivity contribution is 7.91. The average molecular weight is 704 g/mol. The summed E-state index contributed by atoms with van der Waals surface area (Å²) in [4.78, 5) is 50.5. The molecule has 0 fully saturated rings. The summed E-state index contributed by atoms with van der Waals surface area (Å²) in [5.41, 5.74) is 2.46. The minimum absolute atomic E-state index is 0.0502. The maximum atomic E-state index is 13.3. The summed E-state index contributed by atoms with van der Waals surface area (Å²) in [6.07, 6.45) is -7.28. The van der Waals surface area contributed by atoms with Gasteiger partial charge < -0.3 is 30.6 Å². The Morgan fingerprint density at radius 2 is 1.46 bits per heavy atom. The molecule has 14 nitrogen and oxygen atoms in total. The van der Waals surface area contributed by atoms with Crippen LogP contribution in [0.3, 0.4) is 0 Å². The number of amides is 3. The van der Waals surface area contributed by atoms with Gasteiger partial charge in [0.15, 0.2) is 0 Å². The first-order valence-electron chi connectivity index (χ1n) is 14.5. The standard InChI is InChI=1S/C30H40F3N5O9S/c1-8-45-24(39)17-38(48(43,44)37-27(42)47-29(5,6)7)20-12-9-18(10-13-20)15-23(36-26(41)46-28(2,3)4)25(40)35-22-16-19(30(31,32)33)11-14-21(22)34/h9-14,16,23H,8,15,17,34H2,1-7H3,(H,35,40)(H,36,41)(H,37,42)/t23-/m0/s1. The van der Waals surface area contributed by atoms with Crippen LogP contribution in [0.2, 0.25) is 0 Å². The van der Waals surface area contributed by atoms with Gasteiger partial charge in [0.05, 0.1) is 29.2 Å². The van der Waals surface area contributed by atoms with Gasteiger partial charge >= 0.3 is 34.5 Å². The zero-order valence-corrected chi connectivity index (χ0v) is 28.3. The molecule has 0 radical (unpaired) electrons. The molecule has 2 aromatic carbocycles. The van der Waals surface area contributed by atoms with Crippen LogP contribution >= 0.6 is 0 Å². The highest BCUT2D eigenvalue weighted by atomic mass is 32.2. The summed E-state index contributed by atoms with van der Waals surface area (Å²) in [5, 5.41) is 4.69. The summed E-state index contributed by atoms with van der Waals surface area (Å²) in [7, 11) is -4.72. The molecule has 0 aliphatic heterocycles. The fraction of sp³-hybridized carbons (Fsp3) is 0.467. The number of esters is 1. The summed E-state index contributed by atoms with van der Waals surface area (Å²) in [6, 6.07) is 6.20. The van der Waals surface area contributed by atoms with Gasteiger partial charge in [0.25, 0.3) is 0 Å². The van der Waals surface area contributed by atoms with Gasteiger partial charge in [-0.25, -0.2) is 18.6 Å². The number of nitrogens with zero attached hydrogens (tertiary/aromatic N) is 1. The number of anilines is 3. The molecule has 5 N–H and O–H groups in total. The van der Waals surface area contributed by atoms with Gasteiger partial charge in [0, 0.05) is 6.42 Å². The van der Waals surface area contributed by atoms with Crippen LogP contribution in [-0.2, 0) is 46.6 Å². The van der Waals surface area contributed by atoms with E-state index in [4.69, 9.17) is 19.9 Å². The van der Waals surface area contributed by atoms with Crippen LogP contribution in [-0.4, -0.2) is 62.9 Å². The molecule has 18 heteroatoms. The molecular formula is C30H40F3N5O9S. The Bertz CT molecular complexity index is 1590.